The van der Waals surface area contributed by atoms with E-state index in [2.05, 4.69) is 90.0 Å². The van der Waals surface area contributed by atoms with Crippen LogP contribution in [0, 0.1) is 56.7 Å². The fraction of sp³-hybridized carbons (Fsp3) is 0.850. The monoisotopic (exact) mass is 547 g/mol. The first-order chi connectivity index (χ1) is 18.4. The summed E-state index contributed by atoms with van der Waals surface area (Å²) in [4.78, 5) is 0. The second kappa shape index (κ2) is 9.88. The van der Waals surface area contributed by atoms with Gasteiger partial charge in [0.2, 0.25) is 0 Å². The Morgan fingerprint density at radius 3 is 1.45 bits per heavy atom. The fourth-order valence-electron chi connectivity index (χ4n) is 11.3. The van der Waals surface area contributed by atoms with Crippen molar-refractivity contribution in [3.8, 4) is 0 Å². The van der Waals surface area contributed by atoms with Crippen molar-refractivity contribution in [1.29, 1.82) is 0 Å². The number of allylic oxidation sites excluding steroid dienone is 6. The van der Waals surface area contributed by atoms with Gasteiger partial charge in [0.25, 0.3) is 0 Å². The summed E-state index contributed by atoms with van der Waals surface area (Å²) >= 11 is 0. The Bertz CT molecular complexity index is 1040. The first-order valence-corrected chi connectivity index (χ1v) is 17.4. The summed E-state index contributed by atoms with van der Waals surface area (Å²) in [6.07, 6.45) is 16.2. The molecular formula is C40H66. The molecule has 1 spiro atoms. The third-order valence-electron chi connectivity index (χ3n) is 15.8. The molecule has 6 unspecified atom stereocenters. The predicted molar refractivity (Wildman–Crippen MR) is 175 cm³/mol. The lowest BCUT2D eigenvalue weighted by Crippen LogP contribution is -2.41. The van der Waals surface area contributed by atoms with E-state index < -0.39 is 0 Å². The zero-order chi connectivity index (χ0) is 29.6. The smallest absolute Gasteiger partial charge is 0.0113 e. The van der Waals surface area contributed by atoms with Crippen LogP contribution in [0.25, 0.3) is 0 Å². The molecule has 0 aliphatic heterocycles. The van der Waals surface area contributed by atoms with Gasteiger partial charge in [0, 0.05) is 0 Å². The van der Waals surface area contributed by atoms with Gasteiger partial charge in [0.1, 0.15) is 0 Å². The highest BCUT2D eigenvalue weighted by molar-refractivity contribution is 5.31. The minimum Gasteiger partial charge on any atom is -0.0710 e. The van der Waals surface area contributed by atoms with E-state index in [1.807, 2.05) is 0 Å². The average Bonchev–Trinajstić information content (AvgIpc) is 3.49. The minimum absolute atomic E-state index is 0.428. The van der Waals surface area contributed by atoms with Gasteiger partial charge in [0.15, 0.2) is 0 Å². The third kappa shape index (κ3) is 4.67. The van der Waals surface area contributed by atoms with Crippen LogP contribution >= 0.6 is 0 Å². The summed E-state index contributed by atoms with van der Waals surface area (Å²) in [7, 11) is 0. The Hall–Kier alpha value is -0.780. The number of hydrogen-bond acceptors (Lipinski definition) is 0. The molecule has 0 radical (unpaired) electrons. The van der Waals surface area contributed by atoms with E-state index in [1.165, 1.54) is 38.5 Å². The van der Waals surface area contributed by atoms with Crippen LogP contribution in [0.15, 0.2) is 33.4 Å². The maximum Gasteiger partial charge on any atom is -0.0113 e. The normalized spacial score (nSPS) is 43.3. The van der Waals surface area contributed by atoms with Crippen LogP contribution in [0.1, 0.15) is 161 Å². The Morgan fingerprint density at radius 1 is 0.500 bits per heavy atom. The van der Waals surface area contributed by atoms with E-state index in [0.717, 1.165) is 35.0 Å². The van der Waals surface area contributed by atoms with Gasteiger partial charge in [-0.15, -0.1) is 0 Å². The van der Waals surface area contributed by atoms with Crippen molar-refractivity contribution >= 4 is 0 Å². The molecule has 7 rings (SSSR count). The second-order valence-corrected chi connectivity index (χ2v) is 18.3. The van der Waals surface area contributed by atoms with Gasteiger partial charge in [0.05, 0.1) is 0 Å². The van der Waals surface area contributed by atoms with Crippen LogP contribution in [0.4, 0.5) is 0 Å². The summed E-state index contributed by atoms with van der Waals surface area (Å²) < 4.78 is 0. The largest absolute Gasteiger partial charge is 0.0710 e. The summed E-state index contributed by atoms with van der Waals surface area (Å²) in [5.41, 5.74) is 12.9. The average molecular weight is 547 g/mol. The Kier molecular flexibility index (Phi) is 7.57. The Morgan fingerprint density at radius 2 is 0.975 bits per heavy atom. The summed E-state index contributed by atoms with van der Waals surface area (Å²) in [6, 6.07) is 0. The fourth-order valence-corrected chi connectivity index (χ4v) is 11.3. The molecular weight excluding hydrogens is 480 g/mol. The molecule has 0 saturated heterocycles. The van der Waals surface area contributed by atoms with E-state index in [-0.39, 0.29) is 0 Å². The molecule has 0 N–H and O–H groups in total. The van der Waals surface area contributed by atoms with Crippen molar-refractivity contribution < 1.29 is 0 Å². The lowest BCUT2D eigenvalue weighted by atomic mass is 9.56. The highest BCUT2D eigenvalue weighted by atomic mass is 14.7. The van der Waals surface area contributed by atoms with E-state index >= 15 is 0 Å². The first kappa shape index (κ1) is 30.7. The standard InChI is InChI=1S/C14H20.C13H22.C13H24/c1-8-9(2)11-4-13-5-12-3-10(8)6-14(12,13)7-11;1-9-10(2)13(5)7-6-11(8-13)12(9,3)4;1-10-11(2)13(5,6)9-7-8-12(10,3)4/h10-13H,3-7H2,1-2H3;11H,6-8H2,1-5H3;7-9H2,1-6H3. The lowest BCUT2D eigenvalue weighted by Gasteiger charge is -2.48. The van der Waals surface area contributed by atoms with E-state index in [0.29, 0.717) is 21.7 Å². The van der Waals surface area contributed by atoms with Gasteiger partial charge < -0.3 is 0 Å². The lowest BCUT2D eigenvalue weighted by molar-refractivity contribution is 0.00287. The van der Waals surface area contributed by atoms with E-state index in [9.17, 15) is 0 Å². The van der Waals surface area contributed by atoms with Crippen molar-refractivity contribution in [2.45, 2.75) is 161 Å². The van der Waals surface area contributed by atoms with Crippen molar-refractivity contribution in [3.63, 3.8) is 0 Å². The molecule has 5 bridgehead atoms. The van der Waals surface area contributed by atoms with Crippen molar-refractivity contribution in [1.82, 2.24) is 0 Å². The quantitative estimate of drug-likeness (QED) is 0.265. The molecule has 6 atom stereocenters. The number of rotatable bonds is 0. The molecule has 40 heavy (non-hydrogen) atoms. The molecule has 7 aliphatic carbocycles. The molecule has 0 aromatic rings. The van der Waals surface area contributed by atoms with Crippen LogP contribution < -0.4 is 0 Å². The van der Waals surface area contributed by atoms with Crippen LogP contribution in [0.5, 0.6) is 0 Å². The van der Waals surface area contributed by atoms with Crippen LogP contribution in [-0.2, 0) is 0 Å². The van der Waals surface area contributed by atoms with Gasteiger partial charge in [-0.25, -0.2) is 0 Å². The third-order valence-corrected chi connectivity index (χ3v) is 15.8. The van der Waals surface area contributed by atoms with Crippen molar-refractivity contribution in [3.05, 3.63) is 33.4 Å². The molecule has 0 amide bonds. The zero-order valence-electron chi connectivity index (χ0n) is 29.2. The molecule has 0 aromatic carbocycles. The van der Waals surface area contributed by atoms with Gasteiger partial charge in [-0.2, -0.15) is 0 Å². The van der Waals surface area contributed by atoms with Crippen molar-refractivity contribution in [2.24, 2.45) is 56.7 Å². The Labute approximate surface area is 250 Å². The van der Waals surface area contributed by atoms with Gasteiger partial charge >= 0.3 is 0 Å². The number of fused-ring (bicyclic) bond motifs is 4. The number of hydrogen-bond donors (Lipinski definition) is 0. The summed E-state index contributed by atoms with van der Waals surface area (Å²) in [6.45, 7) is 31.1. The maximum absolute atomic E-state index is 2.46. The Balaban J connectivity index is 0.000000121. The second-order valence-electron chi connectivity index (χ2n) is 18.3. The SMILES string of the molecule is CC1=C(C)C(C)(C)C2CCC1(C)C2.CC1=C(C)C(C)(C)CCCC1(C)C.CC1=C(C)C2CC3CC4CC1CC43C2. The highest BCUT2D eigenvalue weighted by Crippen LogP contribution is 2.74. The molecule has 0 aromatic heterocycles. The molecule has 0 heterocycles. The topological polar surface area (TPSA) is 0 Å². The maximum atomic E-state index is 2.46. The van der Waals surface area contributed by atoms with Crippen LogP contribution in [-0.4, -0.2) is 0 Å². The van der Waals surface area contributed by atoms with Gasteiger partial charge in [-0.1, -0.05) is 88.3 Å². The molecule has 0 nitrogen and oxygen atoms in total. The highest BCUT2D eigenvalue weighted by Gasteiger charge is 2.65. The molecule has 0 heteroatoms. The first-order valence-electron chi connectivity index (χ1n) is 17.4. The van der Waals surface area contributed by atoms with Crippen LogP contribution in [0.3, 0.4) is 0 Å². The predicted octanol–water partition coefficient (Wildman–Crippen LogP) is 12.5. The van der Waals surface area contributed by atoms with Gasteiger partial charge in [-0.3, -0.25) is 0 Å². The van der Waals surface area contributed by atoms with E-state index in [4.69, 9.17) is 0 Å². The zero-order valence-corrected chi connectivity index (χ0v) is 29.2. The summed E-state index contributed by atoms with van der Waals surface area (Å²) in [5, 5.41) is 0. The van der Waals surface area contributed by atoms with Gasteiger partial charge in [-0.05, 0) is 162 Å². The minimum atomic E-state index is 0.428. The molecule has 7 aliphatic rings. The summed E-state index contributed by atoms with van der Waals surface area (Å²) in [5.74, 6) is 5.22. The van der Waals surface area contributed by atoms with Crippen LogP contribution in [0.2, 0.25) is 0 Å². The van der Waals surface area contributed by atoms with E-state index in [1.54, 1.807) is 65.5 Å². The molecule has 226 valence electrons. The van der Waals surface area contributed by atoms with Crippen molar-refractivity contribution in [2.75, 3.05) is 0 Å². The molecule has 4 saturated carbocycles. The molecule has 4 fully saturated rings.